The third-order valence-electron chi connectivity index (χ3n) is 2.59. The molecule has 0 rings (SSSR count). The summed E-state index contributed by atoms with van der Waals surface area (Å²) in [5.74, 6) is 4.04. The third kappa shape index (κ3) is 9.26. The molecule has 2 atom stereocenters. The van der Waals surface area contributed by atoms with Crippen LogP contribution in [0.5, 0.6) is 0 Å². The molecule has 0 aliphatic carbocycles. The van der Waals surface area contributed by atoms with Crippen LogP contribution in [-0.2, 0) is 9.47 Å². The van der Waals surface area contributed by atoms with Gasteiger partial charge in [0.05, 0.1) is 12.2 Å². The van der Waals surface area contributed by atoms with E-state index in [0.717, 1.165) is 12.8 Å². The van der Waals surface area contributed by atoms with E-state index in [4.69, 9.17) is 14.9 Å². The Morgan fingerprint density at radius 2 is 1.44 bits per heavy atom. The van der Waals surface area contributed by atoms with E-state index in [9.17, 15) is 0 Å². The summed E-state index contributed by atoms with van der Waals surface area (Å²) in [6.07, 6.45) is 2.30. The van der Waals surface area contributed by atoms with Gasteiger partial charge in [-0.2, -0.15) is 0 Å². The van der Waals surface area contributed by atoms with Crippen molar-refractivity contribution in [2.75, 3.05) is 6.61 Å². The van der Waals surface area contributed by atoms with Crippen LogP contribution < -0.4 is 0 Å². The van der Waals surface area contributed by atoms with Gasteiger partial charge in [-0.25, -0.2) is 0 Å². The Morgan fingerprint density at radius 1 is 0.944 bits per heavy atom. The maximum atomic E-state index is 7.23. The van der Waals surface area contributed by atoms with E-state index in [-0.39, 0.29) is 12.2 Å². The van der Waals surface area contributed by atoms with E-state index in [0.29, 0.717) is 24.2 Å². The fourth-order valence-corrected chi connectivity index (χ4v) is 2.00. The smallest absolute Gasteiger partial charge is 0.182 e. The summed E-state index contributed by atoms with van der Waals surface area (Å²) in [5, 5.41) is 7.23. The Kier molecular flexibility index (Phi) is 8.78. The molecule has 0 heterocycles. The molecule has 3 heteroatoms. The van der Waals surface area contributed by atoms with Gasteiger partial charge in [0, 0.05) is 5.87 Å². The van der Waals surface area contributed by atoms with Gasteiger partial charge in [0.25, 0.3) is 0 Å². The molecule has 1 N–H and O–H groups in total. The Morgan fingerprint density at radius 3 is 1.89 bits per heavy atom. The van der Waals surface area contributed by atoms with Crippen LogP contribution >= 0.6 is 0 Å². The van der Waals surface area contributed by atoms with Crippen LogP contribution in [0, 0.1) is 17.2 Å². The molecular weight excluding hydrogens is 226 g/mol. The molecule has 0 aromatic rings. The van der Waals surface area contributed by atoms with Crippen LogP contribution in [-0.4, -0.2) is 24.7 Å². The second kappa shape index (κ2) is 9.18. The molecule has 0 radical (unpaired) electrons. The zero-order chi connectivity index (χ0) is 14.1. The normalized spacial score (nSPS) is 14.4. The molecule has 0 amide bonds. The third-order valence-corrected chi connectivity index (χ3v) is 2.59. The lowest BCUT2D eigenvalue weighted by atomic mass is 10.1. The van der Waals surface area contributed by atoms with Crippen molar-refractivity contribution in [3.05, 3.63) is 5.76 Å². The van der Waals surface area contributed by atoms with Crippen molar-refractivity contribution in [1.82, 2.24) is 0 Å². The average molecular weight is 255 g/mol. The van der Waals surface area contributed by atoms with Gasteiger partial charge in [-0.15, -0.1) is 0 Å². The van der Waals surface area contributed by atoms with Gasteiger partial charge < -0.3 is 9.47 Å². The second-order valence-corrected chi connectivity index (χ2v) is 5.86. The maximum absolute atomic E-state index is 7.23. The standard InChI is InChI=1S/C15H29NO2/c1-11(2)7-13(5)17-10-15(9-16)18-14(6)8-12(3)4/h11-14,16H,7-8,10H2,1-6H3. The van der Waals surface area contributed by atoms with Gasteiger partial charge >= 0.3 is 0 Å². The predicted octanol–water partition coefficient (Wildman–Crippen LogP) is 4.02. The molecule has 106 valence electrons. The van der Waals surface area contributed by atoms with Crippen molar-refractivity contribution in [3.63, 3.8) is 0 Å². The molecule has 0 spiro atoms. The Hall–Kier alpha value is -0.790. The summed E-state index contributed by atoms with van der Waals surface area (Å²) in [6.45, 7) is 13.1. The monoisotopic (exact) mass is 255 g/mol. The highest BCUT2D eigenvalue weighted by Crippen LogP contribution is 2.12. The summed E-state index contributed by atoms with van der Waals surface area (Å²) in [6, 6.07) is 0. The van der Waals surface area contributed by atoms with Crippen molar-refractivity contribution in [2.24, 2.45) is 11.8 Å². The first-order valence-electron chi connectivity index (χ1n) is 6.91. The van der Waals surface area contributed by atoms with Crippen LogP contribution in [0.4, 0.5) is 0 Å². The van der Waals surface area contributed by atoms with Gasteiger partial charge in [-0.3, -0.25) is 5.41 Å². The predicted molar refractivity (Wildman–Crippen MR) is 76.1 cm³/mol. The highest BCUT2D eigenvalue weighted by molar-refractivity contribution is 5.51. The molecule has 0 aromatic carbocycles. The Bertz CT molecular complexity index is 268. The lowest BCUT2D eigenvalue weighted by Crippen LogP contribution is -2.18. The largest absolute Gasteiger partial charge is 0.483 e. The van der Waals surface area contributed by atoms with Crippen molar-refractivity contribution < 1.29 is 9.47 Å². The minimum absolute atomic E-state index is 0.113. The van der Waals surface area contributed by atoms with Crippen LogP contribution in [0.2, 0.25) is 0 Å². The molecule has 0 aliphatic heterocycles. The van der Waals surface area contributed by atoms with Crippen LogP contribution in [0.15, 0.2) is 5.76 Å². The number of hydrogen-bond acceptors (Lipinski definition) is 3. The van der Waals surface area contributed by atoms with E-state index in [2.05, 4.69) is 40.5 Å². The van der Waals surface area contributed by atoms with Crippen LogP contribution in [0.25, 0.3) is 0 Å². The highest BCUT2D eigenvalue weighted by atomic mass is 16.5. The lowest BCUT2D eigenvalue weighted by molar-refractivity contribution is 0.0221. The van der Waals surface area contributed by atoms with Crippen molar-refractivity contribution in [3.8, 4) is 0 Å². The van der Waals surface area contributed by atoms with Gasteiger partial charge in [0.15, 0.2) is 5.76 Å². The Labute approximate surface area is 112 Å². The van der Waals surface area contributed by atoms with E-state index >= 15 is 0 Å². The summed E-state index contributed by atoms with van der Waals surface area (Å²) in [4.78, 5) is 0. The number of hydrogen-bond donors (Lipinski definition) is 1. The van der Waals surface area contributed by atoms with Gasteiger partial charge in [-0.05, 0) is 38.5 Å². The fourth-order valence-electron chi connectivity index (χ4n) is 2.00. The average Bonchev–Trinajstić information content (AvgIpc) is 2.21. The van der Waals surface area contributed by atoms with E-state index < -0.39 is 0 Å². The van der Waals surface area contributed by atoms with Crippen LogP contribution in [0.3, 0.4) is 0 Å². The summed E-state index contributed by atoms with van der Waals surface area (Å²) >= 11 is 0. The molecule has 0 saturated carbocycles. The van der Waals surface area contributed by atoms with Crippen molar-refractivity contribution in [2.45, 2.75) is 66.6 Å². The molecule has 0 aliphatic rings. The first-order valence-corrected chi connectivity index (χ1v) is 6.91. The van der Waals surface area contributed by atoms with Gasteiger partial charge in [-0.1, -0.05) is 27.7 Å². The molecular formula is C15H29NO2. The minimum Gasteiger partial charge on any atom is -0.483 e. The van der Waals surface area contributed by atoms with E-state index in [1.54, 1.807) is 0 Å². The molecule has 2 unspecified atom stereocenters. The molecule has 0 bridgehead atoms. The molecule has 3 nitrogen and oxygen atoms in total. The second-order valence-electron chi connectivity index (χ2n) is 5.86. The Balaban J connectivity index is 4.02. The first kappa shape index (κ1) is 17.2. The summed E-state index contributed by atoms with van der Waals surface area (Å²) < 4.78 is 11.3. The SMILES string of the molecule is CC(C)CC(C)OCC(=C=N)OC(C)CC(C)C. The molecule has 0 aromatic heterocycles. The minimum atomic E-state index is 0.113. The molecule has 18 heavy (non-hydrogen) atoms. The quantitative estimate of drug-likeness (QED) is 0.499. The van der Waals surface area contributed by atoms with E-state index in [1.807, 2.05) is 6.92 Å². The topological polar surface area (TPSA) is 42.3 Å². The maximum Gasteiger partial charge on any atom is 0.182 e. The number of ether oxygens (including phenoxy) is 2. The van der Waals surface area contributed by atoms with E-state index in [1.165, 1.54) is 0 Å². The van der Waals surface area contributed by atoms with Gasteiger partial charge in [0.2, 0.25) is 0 Å². The zero-order valence-corrected chi connectivity index (χ0v) is 12.7. The summed E-state index contributed by atoms with van der Waals surface area (Å²) in [5.41, 5.74) is 0. The van der Waals surface area contributed by atoms with Crippen molar-refractivity contribution in [1.29, 1.82) is 5.41 Å². The highest BCUT2D eigenvalue weighted by Gasteiger charge is 2.11. The van der Waals surface area contributed by atoms with Crippen LogP contribution in [0.1, 0.15) is 54.4 Å². The first-order chi connectivity index (χ1) is 8.35. The fraction of sp³-hybridized carbons (Fsp3) is 0.867. The summed E-state index contributed by atoms with van der Waals surface area (Å²) in [7, 11) is 0. The lowest BCUT2D eigenvalue weighted by Gasteiger charge is -2.19. The van der Waals surface area contributed by atoms with Gasteiger partial charge in [0.1, 0.15) is 6.61 Å². The molecule has 0 saturated heterocycles. The number of rotatable bonds is 9. The molecule has 0 fully saturated rings. The zero-order valence-electron chi connectivity index (χ0n) is 12.7. The number of nitrogens with one attached hydrogen (secondary N) is 1. The van der Waals surface area contributed by atoms with Crippen molar-refractivity contribution >= 4 is 5.87 Å².